The molecule has 1 fully saturated rings. The third kappa shape index (κ3) is 6.67. The fraction of sp³-hybridized carbons (Fsp3) is 0.375. The molecule has 9 nitrogen and oxygen atoms in total. The number of carbonyl (C=O) groups excluding carboxylic acids is 1. The summed E-state index contributed by atoms with van der Waals surface area (Å²) >= 11 is 7.72. The van der Waals surface area contributed by atoms with Crippen molar-refractivity contribution in [3.63, 3.8) is 0 Å². The largest absolute Gasteiger partial charge is 0.464 e. The van der Waals surface area contributed by atoms with E-state index in [0.717, 1.165) is 45.6 Å². The number of likely N-dealkylation sites (tertiary alicyclic amines) is 1. The number of ether oxygens (including phenoxy) is 2. The highest BCUT2D eigenvalue weighted by Crippen LogP contribution is 2.45. The van der Waals surface area contributed by atoms with E-state index in [1.807, 2.05) is 65.1 Å². The molecule has 0 unspecified atom stereocenters. The first-order valence-electron chi connectivity index (χ1n) is 14.1. The Morgan fingerprint density at radius 1 is 1.19 bits per heavy atom. The van der Waals surface area contributed by atoms with Gasteiger partial charge in [-0.15, -0.1) is 11.3 Å². The number of nitro groups is 1. The number of aromatic nitrogens is 1. The molecule has 0 amide bonds. The highest BCUT2D eigenvalue weighted by Gasteiger charge is 2.34. The average Bonchev–Trinajstić information content (AvgIpc) is 3.34. The number of nitrogens with one attached hydrogen (secondary N) is 1. The number of likely N-dealkylation sites (N-methyl/N-ethyl adjacent to an activating group) is 1. The maximum absolute atomic E-state index is 13.4. The molecule has 2 heterocycles. The fourth-order valence-electron chi connectivity index (χ4n) is 5.33. The predicted octanol–water partition coefficient (Wildman–Crippen LogP) is 7.65. The van der Waals surface area contributed by atoms with Crippen molar-refractivity contribution in [1.82, 2.24) is 9.88 Å². The highest BCUT2D eigenvalue weighted by atomic mass is 35.5. The van der Waals surface area contributed by atoms with Gasteiger partial charge in [0, 0.05) is 40.9 Å². The normalized spacial score (nSPS) is 14.9. The number of halogens is 1. The number of aryl methyl sites for hydroxylation is 1. The van der Waals surface area contributed by atoms with Gasteiger partial charge in [-0.2, -0.15) is 0 Å². The Kier molecular flexibility index (Phi) is 8.76. The van der Waals surface area contributed by atoms with Crippen LogP contribution in [0.3, 0.4) is 0 Å². The number of carbonyl (C=O) groups is 1. The van der Waals surface area contributed by atoms with Crippen molar-refractivity contribution in [2.45, 2.75) is 52.4 Å². The lowest BCUT2D eigenvalue weighted by molar-refractivity contribution is -0.384. The maximum atomic E-state index is 13.4. The van der Waals surface area contributed by atoms with Crippen LogP contribution in [0.25, 0.3) is 31.9 Å². The summed E-state index contributed by atoms with van der Waals surface area (Å²) in [5.41, 5.74) is 4.58. The van der Waals surface area contributed by atoms with Crippen LogP contribution in [0, 0.1) is 17.0 Å². The molecular weight excluding hydrogens is 588 g/mol. The Morgan fingerprint density at radius 3 is 2.47 bits per heavy atom. The minimum Gasteiger partial charge on any atom is -0.464 e. The zero-order valence-corrected chi connectivity index (χ0v) is 26.6. The van der Waals surface area contributed by atoms with Gasteiger partial charge >= 0.3 is 5.97 Å². The Hall–Kier alpha value is -3.57. The number of thiazole rings is 1. The Balaban J connectivity index is 1.70. The summed E-state index contributed by atoms with van der Waals surface area (Å²) < 4.78 is 12.7. The van der Waals surface area contributed by atoms with E-state index in [1.54, 1.807) is 19.1 Å². The summed E-state index contributed by atoms with van der Waals surface area (Å²) in [6.07, 6.45) is -0.976. The lowest BCUT2D eigenvalue weighted by Crippen LogP contribution is -2.52. The number of hydrogen-bond donors (Lipinski definition) is 1. The molecule has 1 saturated heterocycles. The summed E-state index contributed by atoms with van der Waals surface area (Å²) in [5.74, 6) is -0.465. The van der Waals surface area contributed by atoms with Gasteiger partial charge in [0.25, 0.3) is 5.69 Å². The molecule has 4 aromatic rings. The Bertz CT molecular complexity index is 1680. The standard InChI is InChI=1S/C32H35ClN4O5S/c1-7-41-31(38)28(42-32(3,4)5)26-18(2)14-24-29(27(26)19-8-11-21(33)12-9-19)43-30(35-24)20-10-13-25(37(39)40)23(15-20)34-22-16-36(6)17-22/h8-15,22,28,34H,7,16-17H2,1-6H3/t28-/m0/s1. The van der Waals surface area contributed by atoms with Crippen molar-refractivity contribution >= 4 is 50.5 Å². The van der Waals surface area contributed by atoms with Crippen LogP contribution in [-0.2, 0) is 14.3 Å². The van der Waals surface area contributed by atoms with Crippen molar-refractivity contribution in [2.75, 3.05) is 32.1 Å². The number of rotatable bonds is 9. The SMILES string of the molecule is CCOC(=O)[C@@H](OC(C)(C)C)c1c(C)cc2nc(-c3ccc([N+](=O)[O-])c(NC4CN(C)C4)c3)sc2c1-c1ccc(Cl)cc1. The summed E-state index contributed by atoms with van der Waals surface area (Å²) in [6.45, 7) is 11.3. The van der Waals surface area contributed by atoms with Crippen molar-refractivity contribution in [1.29, 1.82) is 0 Å². The second kappa shape index (κ2) is 12.2. The van der Waals surface area contributed by atoms with Gasteiger partial charge in [0.15, 0.2) is 6.10 Å². The first kappa shape index (κ1) is 30.9. The molecule has 5 rings (SSSR count). The van der Waals surface area contributed by atoms with E-state index < -0.39 is 17.7 Å². The van der Waals surface area contributed by atoms with Crippen LogP contribution >= 0.6 is 22.9 Å². The fourth-order valence-corrected chi connectivity index (χ4v) is 6.57. The van der Waals surface area contributed by atoms with Crippen molar-refractivity contribution in [3.8, 4) is 21.7 Å². The molecule has 0 radical (unpaired) electrons. The third-order valence-electron chi connectivity index (χ3n) is 7.16. The van der Waals surface area contributed by atoms with Crippen LogP contribution in [0.4, 0.5) is 11.4 Å². The van der Waals surface area contributed by atoms with Crippen molar-refractivity contribution in [2.24, 2.45) is 0 Å². The monoisotopic (exact) mass is 622 g/mol. The molecule has 1 aliphatic heterocycles. The number of nitro benzene ring substituents is 1. The molecule has 1 N–H and O–H groups in total. The van der Waals surface area contributed by atoms with Crippen LogP contribution in [0.1, 0.15) is 44.9 Å². The van der Waals surface area contributed by atoms with Crippen molar-refractivity contribution < 1.29 is 19.2 Å². The summed E-state index contributed by atoms with van der Waals surface area (Å²) in [6, 6.07) is 14.6. The topological polar surface area (TPSA) is 107 Å². The molecule has 43 heavy (non-hydrogen) atoms. The molecule has 1 aliphatic rings. The van der Waals surface area contributed by atoms with Gasteiger partial charge in [-0.25, -0.2) is 9.78 Å². The maximum Gasteiger partial charge on any atom is 0.339 e. The zero-order chi connectivity index (χ0) is 31.1. The van der Waals surface area contributed by atoms with Gasteiger partial charge in [0.1, 0.15) is 10.7 Å². The molecule has 0 aliphatic carbocycles. The first-order chi connectivity index (χ1) is 20.3. The second-order valence-electron chi connectivity index (χ2n) is 11.8. The minimum absolute atomic E-state index is 0.0241. The number of esters is 1. The van der Waals surface area contributed by atoms with Crippen LogP contribution in [0.2, 0.25) is 5.02 Å². The van der Waals surface area contributed by atoms with Gasteiger partial charge in [0.2, 0.25) is 0 Å². The molecular formula is C32H35ClN4O5S. The lowest BCUT2D eigenvalue weighted by Gasteiger charge is -2.37. The average molecular weight is 623 g/mol. The van der Waals surface area contributed by atoms with E-state index in [9.17, 15) is 14.9 Å². The van der Waals surface area contributed by atoms with Gasteiger partial charge in [-0.1, -0.05) is 23.7 Å². The van der Waals surface area contributed by atoms with Gasteiger partial charge in [0.05, 0.1) is 33.4 Å². The zero-order valence-electron chi connectivity index (χ0n) is 25.1. The number of fused-ring (bicyclic) bond motifs is 1. The van der Waals surface area contributed by atoms with Gasteiger partial charge < -0.3 is 19.7 Å². The quantitative estimate of drug-likeness (QED) is 0.115. The van der Waals surface area contributed by atoms with Crippen molar-refractivity contribution in [3.05, 3.63) is 74.8 Å². The lowest BCUT2D eigenvalue weighted by atomic mass is 9.91. The third-order valence-corrected chi connectivity index (χ3v) is 8.55. The van der Waals surface area contributed by atoms with Gasteiger partial charge in [-0.3, -0.25) is 10.1 Å². The molecule has 0 saturated carbocycles. The van der Waals surface area contributed by atoms with E-state index in [2.05, 4.69) is 10.2 Å². The molecule has 1 aromatic heterocycles. The number of anilines is 1. The summed E-state index contributed by atoms with van der Waals surface area (Å²) in [5, 5.41) is 16.4. The van der Waals surface area contributed by atoms with Crippen LogP contribution in [-0.4, -0.2) is 59.2 Å². The number of hydrogen-bond acceptors (Lipinski definition) is 9. The van der Waals surface area contributed by atoms with E-state index in [0.29, 0.717) is 21.3 Å². The summed E-state index contributed by atoms with van der Waals surface area (Å²) in [4.78, 5) is 32.0. The van der Waals surface area contributed by atoms with E-state index >= 15 is 0 Å². The highest BCUT2D eigenvalue weighted by molar-refractivity contribution is 7.22. The van der Waals surface area contributed by atoms with Crippen LogP contribution in [0.5, 0.6) is 0 Å². The van der Waals surface area contributed by atoms with E-state index in [4.69, 9.17) is 26.1 Å². The summed E-state index contributed by atoms with van der Waals surface area (Å²) in [7, 11) is 2.01. The van der Waals surface area contributed by atoms with E-state index in [-0.39, 0.29) is 23.3 Å². The second-order valence-corrected chi connectivity index (χ2v) is 13.2. The molecule has 11 heteroatoms. The molecule has 226 valence electrons. The number of nitrogens with zero attached hydrogens (tertiary/aromatic N) is 3. The molecule has 0 spiro atoms. The Labute approximate surface area is 259 Å². The molecule has 1 atom stereocenters. The smallest absolute Gasteiger partial charge is 0.339 e. The van der Waals surface area contributed by atoms with Crippen LogP contribution in [0.15, 0.2) is 48.5 Å². The van der Waals surface area contributed by atoms with Gasteiger partial charge in [-0.05, 0) is 83.1 Å². The van der Waals surface area contributed by atoms with Crippen LogP contribution < -0.4 is 5.32 Å². The first-order valence-corrected chi connectivity index (χ1v) is 15.3. The number of benzene rings is 3. The Morgan fingerprint density at radius 2 is 1.86 bits per heavy atom. The molecule has 3 aromatic carbocycles. The minimum atomic E-state index is -0.976. The molecule has 0 bridgehead atoms. The van der Waals surface area contributed by atoms with E-state index in [1.165, 1.54) is 17.4 Å². The predicted molar refractivity (Wildman–Crippen MR) is 172 cm³/mol.